The molecule has 9 nitrogen and oxygen atoms in total. The minimum atomic E-state index is -0.856. The maximum absolute atomic E-state index is 12.3. The van der Waals surface area contributed by atoms with E-state index >= 15 is 0 Å². The molecule has 0 aliphatic carbocycles. The molecule has 2 fully saturated rings. The number of hydrogen-bond acceptors (Lipinski definition) is 6. The molecule has 2 aliphatic heterocycles. The van der Waals surface area contributed by atoms with Crippen molar-refractivity contribution in [3.05, 3.63) is 0 Å². The molecule has 29 heavy (non-hydrogen) atoms. The summed E-state index contributed by atoms with van der Waals surface area (Å²) in [6.45, 7) is 7.74. The van der Waals surface area contributed by atoms with Crippen LogP contribution in [0, 0.1) is 0 Å². The van der Waals surface area contributed by atoms with E-state index < -0.39 is 5.97 Å². The molecule has 9 heteroatoms. The molecule has 0 saturated carbocycles. The number of nitrogens with one attached hydrogen (secondary N) is 2. The summed E-state index contributed by atoms with van der Waals surface area (Å²) in [6, 6.07) is 0.459. The highest BCUT2D eigenvalue weighted by molar-refractivity contribution is 5.78. The Kier molecular flexibility index (Phi) is 10.4. The van der Waals surface area contributed by atoms with E-state index in [1.165, 1.54) is 0 Å². The van der Waals surface area contributed by atoms with Gasteiger partial charge in [-0.2, -0.15) is 0 Å². The molecule has 2 rings (SSSR count). The summed E-state index contributed by atoms with van der Waals surface area (Å²) in [7, 11) is 2.16. The van der Waals surface area contributed by atoms with Crippen LogP contribution in [0.25, 0.3) is 0 Å². The first kappa shape index (κ1) is 23.6. The smallest absolute Gasteiger partial charge is 0.303 e. The second-order valence-corrected chi connectivity index (χ2v) is 8.17. The highest BCUT2D eigenvalue weighted by Gasteiger charge is 2.28. The summed E-state index contributed by atoms with van der Waals surface area (Å²) >= 11 is 0. The van der Waals surface area contributed by atoms with Crippen LogP contribution in [0.5, 0.6) is 0 Å². The number of rotatable bonds is 12. The number of amides is 2. The molecule has 0 bridgehead atoms. The molecule has 1 unspecified atom stereocenters. The Morgan fingerprint density at radius 2 is 1.59 bits per heavy atom. The minimum Gasteiger partial charge on any atom is -0.481 e. The second-order valence-electron chi connectivity index (χ2n) is 8.17. The van der Waals surface area contributed by atoms with Crippen molar-refractivity contribution < 1.29 is 19.5 Å². The molecule has 0 spiro atoms. The highest BCUT2D eigenvalue weighted by Crippen LogP contribution is 2.18. The fourth-order valence-electron chi connectivity index (χ4n) is 3.91. The lowest BCUT2D eigenvalue weighted by atomic mass is 10.4. The first-order valence-electron chi connectivity index (χ1n) is 10.8. The van der Waals surface area contributed by atoms with Gasteiger partial charge in [-0.15, -0.1) is 0 Å². The lowest BCUT2D eigenvalue weighted by Crippen LogP contribution is -2.50. The molecule has 0 aromatic carbocycles. The zero-order valence-electron chi connectivity index (χ0n) is 17.7. The molecular formula is C20H37N5O4. The van der Waals surface area contributed by atoms with Gasteiger partial charge in [0.25, 0.3) is 0 Å². The molecule has 1 atom stereocenters. The van der Waals surface area contributed by atoms with Gasteiger partial charge in [0.15, 0.2) is 0 Å². The molecule has 2 aliphatic rings. The predicted octanol–water partition coefficient (Wildman–Crippen LogP) is -0.424. The van der Waals surface area contributed by atoms with Gasteiger partial charge in [0.05, 0.1) is 6.54 Å². The van der Waals surface area contributed by atoms with Crippen molar-refractivity contribution in [3.8, 4) is 0 Å². The van der Waals surface area contributed by atoms with Crippen molar-refractivity contribution in [2.45, 2.75) is 44.6 Å². The van der Waals surface area contributed by atoms with Crippen LogP contribution in [0.3, 0.4) is 0 Å². The number of likely N-dealkylation sites (tertiary alicyclic amines) is 1. The van der Waals surface area contributed by atoms with Crippen molar-refractivity contribution >= 4 is 17.8 Å². The lowest BCUT2D eigenvalue weighted by Gasteiger charge is -2.36. The van der Waals surface area contributed by atoms with Gasteiger partial charge in [-0.1, -0.05) is 0 Å². The fourth-order valence-corrected chi connectivity index (χ4v) is 3.91. The van der Waals surface area contributed by atoms with Crippen molar-refractivity contribution in [2.75, 3.05) is 66.0 Å². The van der Waals surface area contributed by atoms with Crippen LogP contribution in [0.1, 0.15) is 38.5 Å². The molecule has 2 saturated heterocycles. The van der Waals surface area contributed by atoms with Gasteiger partial charge in [0.2, 0.25) is 11.8 Å². The standard InChI is InChI=1S/C20H37N5O4/c1-23-11-13-24(14-12-23)15-17-5-4-10-25(17)16-19(27)22-8-2-6-18(26)21-9-3-7-20(28)29/h17H,2-16H2,1H3,(H,21,26)(H,22,27)(H,28,29)/i1+1,2+1,4+1,5+1,6+1,8+1,10+1,15+1,17+1,18+1,19+1,20+1,21+1,22+1. The second kappa shape index (κ2) is 12.8. The molecule has 0 radical (unpaired) electrons. The summed E-state index contributed by atoms with van der Waals surface area (Å²) in [5.74, 6) is -0.931. The van der Waals surface area contributed by atoms with E-state index in [1.807, 2.05) is 0 Å². The third-order valence-electron chi connectivity index (χ3n) is 5.70. The maximum atomic E-state index is 12.3. The molecular weight excluding hydrogens is 388 g/mol. The third kappa shape index (κ3) is 9.56. The Labute approximate surface area is 173 Å². The Hall–Kier alpha value is -1.71. The average Bonchev–Trinajstić information content (AvgIpc) is 3.10. The number of nitrogens with zero attached hydrogens (tertiary/aromatic N) is 3. The van der Waals surface area contributed by atoms with Crippen LogP contribution in [0.2, 0.25) is 0 Å². The zero-order valence-corrected chi connectivity index (χ0v) is 17.7. The van der Waals surface area contributed by atoms with Gasteiger partial charge in [0.1, 0.15) is 0 Å². The van der Waals surface area contributed by atoms with E-state index in [4.69, 9.17) is 5.11 Å². The van der Waals surface area contributed by atoms with E-state index in [9.17, 15) is 14.4 Å². The number of carbonyl (C=O) groups excluding carboxylic acids is 2. The lowest BCUT2D eigenvalue weighted by molar-refractivity contribution is -0.137. The SMILES string of the molecule is [13CH3]N1CCN([13CH2][13CH]2[13CH2][13CH2][13CH2]N2C[13C](=O)[15NH][13CH2][13CH2][13CH2][13C](=O)[15NH]CCC[13C](=O)O)CC1. The first-order valence-corrected chi connectivity index (χ1v) is 10.8. The van der Waals surface area contributed by atoms with Crippen LogP contribution in [0.15, 0.2) is 0 Å². The monoisotopic (exact) mass is 425 g/mol. The van der Waals surface area contributed by atoms with Gasteiger partial charge >= 0.3 is 5.97 Å². The maximum Gasteiger partial charge on any atom is 0.303 e. The summed E-state index contributed by atoms with van der Waals surface area (Å²) in [5, 5.41) is 14.2. The van der Waals surface area contributed by atoms with Crippen molar-refractivity contribution in [2.24, 2.45) is 0 Å². The summed E-state index contributed by atoms with van der Waals surface area (Å²) in [6.07, 6.45) is 3.71. The van der Waals surface area contributed by atoms with Crippen LogP contribution in [0.4, 0.5) is 0 Å². The summed E-state index contributed by atoms with van der Waals surface area (Å²) in [5.41, 5.74) is 0. The van der Waals surface area contributed by atoms with Gasteiger partial charge in [-0.05, 0) is 39.3 Å². The molecule has 166 valence electrons. The van der Waals surface area contributed by atoms with Gasteiger partial charge in [-0.3, -0.25) is 24.2 Å². The molecule has 2 heterocycles. The summed E-state index contributed by atoms with van der Waals surface area (Å²) < 4.78 is 0. The Bertz CT molecular complexity index is 537. The van der Waals surface area contributed by atoms with Crippen molar-refractivity contribution in [1.82, 2.24) is 25.3 Å². The fraction of sp³-hybridized carbons (Fsp3) is 0.850. The van der Waals surface area contributed by atoms with Crippen LogP contribution < -0.4 is 10.6 Å². The van der Waals surface area contributed by atoms with E-state index in [2.05, 4.69) is 32.4 Å². The summed E-state index contributed by atoms with van der Waals surface area (Å²) in [4.78, 5) is 41.5. The Morgan fingerprint density at radius 1 is 0.931 bits per heavy atom. The highest BCUT2D eigenvalue weighted by atomic mass is 16.5. The molecule has 0 aromatic rings. The number of likely N-dealkylation sites (N-methyl/N-ethyl adjacent to an activating group) is 1. The first-order chi connectivity index (χ1) is 13.9. The van der Waals surface area contributed by atoms with E-state index in [0.717, 1.165) is 52.1 Å². The molecule has 2 amide bonds. The normalized spacial score (nSPS) is 21.2. The number of carboxylic acid groups (broad SMARTS) is 1. The topological polar surface area (TPSA) is 105 Å². The predicted molar refractivity (Wildman–Crippen MR) is 111 cm³/mol. The van der Waals surface area contributed by atoms with Gasteiger partial charge in [0, 0.05) is 64.7 Å². The quantitative estimate of drug-likeness (QED) is 0.222. The average molecular weight is 425 g/mol. The number of piperazine rings is 1. The number of aliphatic carboxylic acids is 1. The van der Waals surface area contributed by atoms with Gasteiger partial charge < -0.3 is 20.6 Å². The van der Waals surface area contributed by atoms with E-state index in [-0.39, 0.29) is 18.2 Å². The number of carboxylic acids is 1. The molecule has 0 aromatic heterocycles. The Balaban J connectivity index is 1.55. The van der Waals surface area contributed by atoms with Crippen molar-refractivity contribution in [3.63, 3.8) is 0 Å². The zero-order chi connectivity index (χ0) is 21.1. The van der Waals surface area contributed by atoms with Crippen molar-refractivity contribution in [1.29, 1.82) is 0 Å². The number of carbonyl (C=O) groups is 3. The van der Waals surface area contributed by atoms with E-state index in [0.29, 0.717) is 44.9 Å². The van der Waals surface area contributed by atoms with E-state index in [1.54, 1.807) is 0 Å². The van der Waals surface area contributed by atoms with Crippen LogP contribution in [-0.2, 0) is 14.4 Å². The van der Waals surface area contributed by atoms with Crippen LogP contribution >= 0.6 is 0 Å². The minimum absolute atomic E-state index is 0.0251. The van der Waals surface area contributed by atoms with Gasteiger partial charge in [-0.25, -0.2) is 0 Å². The Morgan fingerprint density at radius 3 is 2.28 bits per heavy atom. The number of hydrogen-bond donors (Lipinski definition) is 3. The molecule has 3 N–H and O–H groups in total. The van der Waals surface area contributed by atoms with Crippen LogP contribution in [-0.4, -0.2) is 110 Å². The third-order valence-corrected chi connectivity index (χ3v) is 5.70. The largest absolute Gasteiger partial charge is 0.481 e.